The third-order valence-electron chi connectivity index (χ3n) is 5.08. The third-order valence-corrected chi connectivity index (χ3v) is 5.08. The highest BCUT2D eigenvalue weighted by molar-refractivity contribution is 6.12. The Morgan fingerprint density at radius 2 is 1.80 bits per heavy atom. The highest BCUT2D eigenvalue weighted by Crippen LogP contribution is 2.44. The molecular weight excluding hydrogens is 244 g/mol. The molecule has 0 aromatic heterocycles. The molecule has 20 heavy (non-hydrogen) atoms. The van der Waals surface area contributed by atoms with Crippen molar-refractivity contribution in [2.24, 2.45) is 5.41 Å². The van der Waals surface area contributed by atoms with E-state index in [4.69, 9.17) is 0 Å². The zero-order chi connectivity index (χ0) is 14.2. The second-order valence-corrected chi connectivity index (χ2v) is 6.15. The molecule has 1 aliphatic carbocycles. The van der Waals surface area contributed by atoms with Gasteiger partial charge >= 0.3 is 0 Å². The van der Waals surface area contributed by atoms with Gasteiger partial charge in [0.1, 0.15) is 0 Å². The van der Waals surface area contributed by atoms with Crippen molar-refractivity contribution in [3.05, 3.63) is 47.5 Å². The van der Waals surface area contributed by atoms with Gasteiger partial charge in [-0.3, -0.25) is 4.79 Å². The summed E-state index contributed by atoms with van der Waals surface area (Å²) in [7, 11) is 0. The largest absolute Gasteiger partial charge is 0.294 e. The Labute approximate surface area is 121 Å². The van der Waals surface area contributed by atoms with Crippen molar-refractivity contribution in [1.82, 2.24) is 0 Å². The minimum Gasteiger partial charge on any atom is -0.294 e. The highest BCUT2D eigenvalue weighted by Gasteiger charge is 2.40. The number of hydrogen-bond acceptors (Lipinski definition) is 1. The van der Waals surface area contributed by atoms with Crippen LogP contribution in [0.15, 0.2) is 36.4 Å². The van der Waals surface area contributed by atoms with E-state index in [1.807, 2.05) is 12.1 Å². The molecule has 1 nitrogen and oxygen atoms in total. The fourth-order valence-electron chi connectivity index (χ4n) is 3.74. The monoisotopic (exact) mass is 266 g/mol. The van der Waals surface area contributed by atoms with Crippen LogP contribution in [0.1, 0.15) is 54.9 Å². The molecule has 1 heteroatoms. The first kappa shape index (κ1) is 13.4. The van der Waals surface area contributed by atoms with Crippen molar-refractivity contribution in [3.8, 4) is 0 Å². The van der Waals surface area contributed by atoms with E-state index < -0.39 is 0 Å². The fourth-order valence-corrected chi connectivity index (χ4v) is 3.74. The van der Waals surface area contributed by atoms with E-state index >= 15 is 0 Å². The Morgan fingerprint density at radius 1 is 1.10 bits per heavy atom. The number of carbonyl (C=O) groups is 1. The SMILES string of the molecule is CCC1(C(=O)c2c(C)ccc3ccccc23)CCCC1. The Hall–Kier alpha value is -1.63. The lowest BCUT2D eigenvalue weighted by molar-refractivity contribution is 0.0792. The number of hydrogen-bond donors (Lipinski definition) is 0. The van der Waals surface area contributed by atoms with Crippen LogP contribution in [0.25, 0.3) is 10.8 Å². The van der Waals surface area contributed by atoms with Crippen LogP contribution < -0.4 is 0 Å². The summed E-state index contributed by atoms with van der Waals surface area (Å²) in [6, 6.07) is 12.5. The minimum atomic E-state index is -0.102. The molecule has 104 valence electrons. The smallest absolute Gasteiger partial charge is 0.169 e. The van der Waals surface area contributed by atoms with Crippen LogP contribution in [0.3, 0.4) is 0 Å². The first-order valence-electron chi connectivity index (χ1n) is 7.71. The number of carbonyl (C=O) groups excluding carboxylic acids is 1. The Morgan fingerprint density at radius 3 is 2.50 bits per heavy atom. The maximum Gasteiger partial charge on any atom is 0.169 e. The van der Waals surface area contributed by atoms with Crippen molar-refractivity contribution < 1.29 is 4.79 Å². The van der Waals surface area contributed by atoms with Gasteiger partial charge in [0.25, 0.3) is 0 Å². The van der Waals surface area contributed by atoms with Crippen molar-refractivity contribution >= 4 is 16.6 Å². The van der Waals surface area contributed by atoms with E-state index in [1.165, 1.54) is 18.2 Å². The van der Waals surface area contributed by atoms with Crippen LogP contribution in [-0.2, 0) is 0 Å². The molecule has 1 fully saturated rings. The summed E-state index contributed by atoms with van der Waals surface area (Å²) >= 11 is 0. The lowest BCUT2D eigenvalue weighted by Gasteiger charge is -2.27. The number of Topliss-reactive ketones (excluding diaryl/α,β-unsaturated/α-hetero) is 1. The topological polar surface area (TPSA) is 17.1 Å². The molecule has 0 bridgehead atoms. The summed E-state index contributed by atoms with van der Waals surface area (Å²) in [6.07, 6.45) is 5.48. The summed E-state index contributed by atoms with van der Waals surface area (Å²) < 4.78 is 0. The summed E-state index contributed by atoms with van der Waals surface area (Å²) in [6.45, 7) is 4.24. The maximum atomic E-state index is 13.2. The molecule has 0 saturated heterocycles. The van der Waals surface area contributed by atoms with Gasteiger partial charge in [0.2, 0.25) is 0 Å². The maximum absolute atomic E-state index is 13.2. The third kappa shape index (κ3) is 1.96. The molecule has 0 unspecified atom stereocenters. The van der Waals surface area contributed by atoms with E-state index in [1.54, 1.807) is 0 Å². The predicted molar refractivity (Wildman–Crippen MR) is 84.2 cm³/mol. The first-order valence-corrected chi connectivity index (χ1v) is 7.71. The Balaban J connectivity index is 2.18. The predicted octanol–water partition coefficient (Wildman–Crippen LogP) is 5.30. The van der Waals surface area contributed by atoms with Crippen molar-refractivity contribution in [3.63, 3.8) is 0 Å². The Bertz CT molecular complexity index is 648. The lowest BCUT2D eigenvalue weighted by Crippen LogP contribution is -2.28. The second-order valence-electron chi connectivity index (χ2n) is 6.15. The molecule has 0 N–H and O–H groups in total. The molecule has 0 spiro atoms. The van der Waals surface area contributed by atoms with Crippen LogP contribution in [-0.4, -0.2) is 5.78 Å². The molecule has 0 amide bonds. The summed E-state index contributed by atoms with van der Waals surface area (Å²) in [4.78, 5) is 13.2. The van der Waals surface area contributed by atoms with Crippen LogP contribution in [0.4, 0.5) is 0 Å². The molecule has 1 saturated carbocycles. The van der Waals surface area contributed by atoms with E-state index in [0.29, 0.717) is 5.78 Å². The van der Waals surface area contributed by atoms with Crippen LogP contribution in [0.2, 0.25) is 0 Å². The number of aryl methyl sites for hydroxylation is 1. The van der Waals surface area contributed by atoms with Gasteiger partial charge in [0.05, 0.1) is 0 Å². The van der Waals surface area contributed by atoms with Gasteiger partial charge < -0.3 is 0 Å². The highest BCUT2D eigenvalue weighted by atomic mass is 16.1. The Kier molecular flexibility index (Phi) is 3.37. The van der Waals surface area contributed by atoms with E-state index in [-0.39, 0.29) is 5.41 Å². The summed E-state index contributed by atoms with van der Waals surface area (Å²) in [5.41, 5.74) is 1.98. The minimum absolute atomic E-state index is 0.102. The second kappa shape index (κ2) is 5.05. The molecule has 2 aromatic carbocycles. The summed E-state index contributed by atoms with van der Waals surface area (Å²) in [5.74, 6) is 0.381. The molecule has 0 heterocycles. The van der Waals surface area contributed by atoms with Gasteiger partial charge in [0.15, 0.2) is 5.78 Å². The van der Waals surface area contributed by atoms with Gasteiger partial charge in [-0.15, -0.1) is 0 Å². The average molecular weight is 266 g/mol. The first-order chi connectivity index (χ1) is 9.68. The molecule has 0 atom stereocenters. The molecule has 1 aliphatic rings. The van der Waals surface area contributed by atoms with Gasteiger partial charge in [-0.25, -0.2) is 0 Å². The van der Waals surface area contributed by atoms with Crippen LogP contribution in [0, 0.1) is 12.3 Å². The van der Waals surface area contributed by atoms with Gasteiger partial charge in [-0.1, -0.05) is 56.2 Å². The lowest BCUT2D eigenvalue weighted by atomic mass is 9.75. The van der Waals surface area contributed by atoms with Crippen molar-refractivity contribution in [2.75, 3.05) is 0 Å². The molecule has 0 radical (unpaired) electrons. The molecule has 3 rings (SSSR count). The van der Waals surface area contributed by atoms with Crippen LogP contribution in [0.5, 0.6) is 0 Å². The number of fused-ring (bicyclic) bond motifs is 1. The van der Waals surface area contributed by atoms with Crippen LogP contribution >= 0.6 is 0 Å². The molecule has 2 aromatic rings. The number of ketones is 1. The van der Waals surface area contributed by atoms with E-state index in [2.05, 4.69) is 38.1 Å². The van der Waals surface area contributed by atoms with E-state index in [0.717, 1.165) is 35.8 Å². The average Bonchev–Trinajstić information content (AvgIpc) is 2.96. The van der Waals surface area contributed by atoms with Gasteiger partial charge in [0, 0.05) is 11.0 Å². The number of benzene rings is 2. The van der Waals surface area contributed by atoms with Crippen molar-refractivity contribution in [1.29, 1.82) is 0 Å². The van der Waals surface area contributed by atoms with Gasteiger partial charge in [-0.05, 0) is 42.5 Å². The quantitative estimate of drug-likeness (QED) is 0.689. The molecule has 0 aliphatic heterocycles. The van der Waals surface area contributed by atoms with E-state index in [9.17, 15) is 4.79 Å². The fraction of sp³-hybridized carbons (Fsp3) is 0.421. The van der Waals surface area contributed by atoms with Crippen molar-refractivity contribution in [2.45, 2.75) is 46.0 Å². The summed E-state index contributed by atoms with van der Waals surface area (Å²) in [5, 5.41) is 2.29. The zero-order valence-corrected chi connectivity index (χ0v) is 12.4. The standard InChI is InChI=1S/C19H22O/c1-3-19(12-6-7-13-19)18(20)17-14(2)10-11-15-8-4-5-9-16(15)17/h4-5,8-11H,3,6-7,12-13H2,1-2H3. The zero-order valence-electron chi connectivity index (χ0n) is 12.4. The normalized spacial score (nSPS) is 17.5. The number of rotatable bonds is 3. The molecular formula is C19H22O. The van der Waals surface area contributed by atoms with Gasteiger partial charge in [-0.2, -0.15) is 0 Å².